The first-order chi connectivity index (χ1) is 7.18. The van der Waals surface area contributed by atoms with Gasteiger partial charge in [-0.25, -0.2) is 0 Å². The molecule has 0 saturated heterocycles. The van der Waals surface area contributed by atoms with Gasteiger partial charge in [0.25, 0.3) is 0 Å². The highest BCUT2D eigenvalue weighted by Crippen LogP contribution is 2.28. The van der Waals surface area contributed by atoms with E-state index >= 15 is 0 Å². The topological polar surface area (TPSA) is 30.0 Å². The molecule has 0 radical (unpaired) electrons. The van der Waals surface area contributed by atoms with Crippen LogP contribution in [0.15, 0.2) is 12.3 Å². The van der Waals surface area contributed by atoms with Crippen LogP contribution in [0.4, 0.5) is 0 Å². The van der Waals surface area contributed by atoms with E-state index in [0.717, 1.165) is 29.7 Å². The second-order valence-corrected chi connectivity index (χ2v) is 4.49. The Labute approximate surface area is 90.7 Å². The van der Waals surface area contributed by atoms with Gasteiger partial charge in [-0.2, -0.15) is 0 Å². The second kappa shape index (κ2) is 4.13. The largest absolute Gasteiger partial charge is 0.294 e. The summed E-state index contributed by atoms with van der Waals surface area (Å²) in [5.74, 6) is 0.561. The average molecular weight is 203 g/mol. The Kier molecular flexibility index (Phi) is 2.85. The molecule has 0 amide bonds. The SMILES string of the molecule is Cc1cc(C)c(C(=O)C2CCCC2)cn1. The van der Waals surface area contributed by atoms with E-state index < -0.39 is 0 Å². The molecule has 80 valence electrons. The first-order valence-electron chi connectivity index (χ1n) is 5.66. The molecule has 0 atom stereocenters. The zero-order chi connectivity index (χ0) is 10.8. The van der Waals surface area contributed by atoms with E-state index in [-0.39, 0.29) is 5.92 Å². The molecule has 1 fully saturated rings. The zero-order valence-electron chi connectivity index (χ0n) is 9.42. The van der Waals surface area contributed by atoms with Crippen molar-refractivity contribution in [1.29, 1.82) is 0 Å². The molecule has 2 rings (SSSR count). The van der Waals surface area contributed by atoms with Crippen LogP contribution < -0.4 is 0 Å². The Morgan fingerprint density at radius 2 is 2.00 bits per heavy atom. The number of carbonyl (C=O) groups is 1. The second-order valence-electron chi connectivity index (χ2n) is 4.49. The number of ketones is 1. The van der Waals surface area contributed by atoms with Gasteiger partial charge >= 0.3 is 0 Å². The van der Waals surface area contributed by atoms with Crippen molar-refractivity contribution in [1.82, 2.24) is 4.98 Å². The molecular weight excluding hydrogens is 186 g/mol. The van der Waals surface area contributed by atoms with Crippen LogP contribution in [0.2, 0.25) is 0 Å². The summed E-state index contributed by atoms with van der Waals surface area (Å²) in [6, 6.07) is 1.99. The minimum absolute atomic E-state index is 0.258. The van der Waals surface area contributed by atoms with Crippen molar-refractivity contribution in [3.8, 4) is 0 Å². The number of Topliss-reactive ketones (excluding diaryl/α,β-unsaturated/α-hetero) is 1. The number of nitrogens with zero attached hydrogens (tertiary/aromatic N) is 1. The fourth-order valence-corrected chi connectivity index (χ4v) is 2.36. The Morgan fingerprint density at radius 1 is 1.33 bits per heavy atom. The van der Waals surface area contributed by atoms with Crippen molar-refractivity contribution in [2.75, 3.05) is 0 Å². The number of pyridine rings is 1. The normalized spacial score (nSPS) is 16.9. The molecule has 2 nitrogen and oxygen atoms in total. The summed E-state index contributed by atoms with van der Waals surface area (Å²) >= 11 is 0. The lowest BCUT2D eigenvalue weighted by Crippen LogP contribution is -2.13. The van der Waals surface area contributed by atoms with E-state index in [9.17, 15) is 4.79 Å². The van der Waals surface area contributed by atoms with Crippen LogP contribution in [0.1, 0.15) is 47.3 Å². The van der Waals surface area contributed by atoms with Crippen molar-refractivity contribution >= 4 is 5.78 Å². The summed E-state index contributed by atoms with van der Waals surface area (Å²) in [6.45, 7) is 3.95. The van der Waals surface area contributed by atoms with E-state index in [1.165, 1.54) is 12.8 Å². The first-order valence-corrected chi connectivity index (χ1v) is 5.66. The minimum atomic E-state index is 0.258. The van der Waals surface area contributed by atoms with Crippen LogP contribution in [0, 0.1) is 19.8 Å². The lowest BCUT2D eigenvalue weighted by atomic mass is 9.94. The molecule has 15 heavy (non-hydrogen) atoms. The van der Waals surface area contributed by atoms with Crippen molar-refractivity contribution < 1.29 is 4.79 Å². The molecule has 0 N–H and O–H groups in total. The molecule has 1 heterocycles. The summed E-state index contributed by atoms with van der Waals surface area (Å²) in [5, 5.41) is 0. The summed E-state index contributed by atoms with van der Waals surface area (Å²) in [6.07, 6.45) is 6.27. The van der Waals surface area contributed by atoms with E-state index in [4.69, 9.17) is 0 Å². The molecule has 0 aliphatic heterocycles. The van der Waals surface area contributed by atoms with Crippen LogP contribution in [0.3, 0.4) is 0 Å². The van der Waals surface area contributed by atoms with Crippen molar-refractivity contribution in [3.05, 3.63) is 29.1 Å². The van der Waals surface area contributed by atoms with Gasteiger partial charge in [0.05, 0.1) is 0 Å². The van der Waals surface area contributed by atoms with E-state index in [1.807, 2.05) is 19.9 Å². The van der Waals surface area contributed by atoms with Crippen molar-refractivity contribution in [2.45, 2.75) is 39.5 Å². The van der Waals surface area contributed by atoms with Crippen LogP contribution in [-0.2, 0) is 0 Å². The van der Waals surface area contributed by atoms with Gasteiger partial charge in [0.1, 0.15) is 0 Å². The Balaban J connectivity index is 2.24. The third-order valence-electron chi connectivity index (χ3n) is 3.24. The van der Waals surface area contributed by atoms with Crippen LogP contribution in [0.5, 0.6) is 0 Å². The van der Waals surface area contributed by atoms with Gasteiger partial charge in [-0.1, -0.05) is 12.8 Å². The molecule has 0 spiro atoms. The maximum atomic E-state index is 12.1. The maximum Gasteiger partial charge on any atom is 0.167 e. The fourth-order valence-electron chi connectivity index (χ4n) is 2.36. The van der Waals surface area contributed by atoms with E-state index in [2.05, 4.69) is 4.98 Å². The molecule has 0 bridgehead atoms. The summed E-state index contributed by atoms with van der Waals surface area (Å²) in [7, 11) is 0. The number of hydrogen-bond donors (Lipinski definition) is 0. The van der Waals surface area contributed by atoms with Crippen LogP contribution >= 0.6 is 0 Å². The van der Waals surface area contributed by atoms with Gasteiger partial charge in [-0.3, -0.25) is 9.78 Å². The molecule has 1 aliphatic rings. The lowest BCUT2D eigenvalue weighted by Gasteiger charge is -2.10. The van der Waals surface area contributed by atoms with Crippen molar-refractivity contribution in [3.63, 3.8) is 0 Å². The first kappa shape index (κ1) is 10.3. The molecule has 0 aromatic carbocycles. The standard InChI is InChI=1S/C13H17NO/c1-9-7-10(2)14-8-12(9)13(15)11-5-3-4-6-11/h7-8,11H,3-6H2,1-2H3. The van der Waals surface area contributed by atoms with Gasteiger partial charge in [-0.15, -0.1) is 0 Å². The number of carbonyl (C=O) groups excluding carboxylic acids is 1. The summed E-state index contributed by atoms with van der Waals surface area (Å²) in [4.78, 5) is 16.4. The lowest BCUT2D eigenvalue weighted by molar-refractivity contribution is 0.0922. The van der Waals surface area contributed by atoms with E-state index in [0.29, 0.717) is 5.78 Å². The number of hydrogen-bond acceptors (Lipinski definition) is 2. The Morgan fingerprint density at radius 3 is 2.60 bits per heavy atom. The number of aryl methyl sites for hydroxylation is 2. The van der Waals surface area contributed by atoms with Gasteiger partial charge in [0.15, 0.2) is 5.78 Å². The van der Waals surface area contributed by atoms with Gasteiger partial charge in [0.2, 0.25) is 0 Å². The smallest absolute Gasteiger partial charge is 0.167 e. The predicted molar refractivity (Wildman–Crippen MR) is 60.0 cm³/mol. The maximum absolute atomic E-state index is 12.1. The third-order valence-corrected chi connectivity index (χ3v) is 3.24. The molecule has 1 aromatic rings. The summed E-state index contributed by atoms with van der Waals surface area (Å²) in [5.41, 5.74) is 2.88. The molecule has 1 aromatic heterocycles. The Bertz CT molecular complexity index is 378. The highest BCUT2D eigenvalue weighted by molar-refractivity contribution is 5.99. The van der Waals surface area contributed by atoms with Crippen LogP contribution in [0.25, 0.3) is 0 Å². The van der Waals surface area contributed by atoms with E-state index in [1.54, 1.807) is 6.20 Å². The van der Waals surface area contributed by atoms with Gasteiger partial charge < -0.3 is 0 Å². The molecular formula is C13H17NO. The fraction of sp³-hybridized carbons (Fsp3) is 0.538. The molecule has 1 aliphatic carbocycles. The molecule has 0 unspecified atom stereocenters. The number of rotatable bonds is 2. The Hall–Kier alpha value is -1.18. The zero-order valence-corrected chi connectivity index (χ0v) is 9.42. The third kappa shape index (κ3) is 2.09. The highest BCUT2D eigenvalue weighted by Gasteiger charge is 2.24. The number of aromatic nitrogens is 1. The average Bonchev–Trinajstić information content (AvgIpc) is 2.69. The monoisotopic (exact) mass is 203 g/mol. The predicted octanol–water partition coefficient (Wildman–Crippen LogP) is 3.07. The van der Waals surface area contributed by atoms with Gasteiger partial charge in [-0.05, 0) is 38.3 Å². The van der Waals surface area contributed by atoms with Crippen LogP contribution in [-0.4, -0.2) is 10.8 Å². The minimum Gasteiger partial charge on any atom is -0.294 e. The highest BCUT2D eigenvalue weighted by atomic mass is 16.1. The van der Waals surface area contributed by atoms with Gasteiger partial charge in [0, 0.05) is 23.4 Å². The summed E-state index contributed by atoms with van der Waals surface area (Å²) < 4.78 is 0. The van der Waals surface area contributed by atoms with Crippen molar-refractivity contribution in [2.24, 2.45) is 5.92 Å². The quantitative estimate of drug-likeness (QED) is 0.691. The molecule has 2 heteroatoms. The molecule has 1 saturated carbocycles.